The van der Waals surface area contributed by atoms with Gasteiger partial charge in [0.2, 0.25) is 5.91 Å². The van der Waals surface area contributed by atoms with Crippen LogP contribution < -0.4 is 10.1 Å². The van der Waals surface area contributed by atoms with Gasteiger partial charge in [0.15, 0.2) is 0 Å². The summed E-state index contributed by atoms with van der Waals surface area (Å²) in [6.45, 7) is 6.61. The Labute approximate surface area is 128 Å². The summed E-state index contributed by atoms with van der Waals surface area (Å²) in [4.78, 5) is 13.1. The van der Waals surface area contributed by atoms with E-state index in [-0.39, 0.29) is 5.91 Å². The van der Waals surface area contributed by atoms with Crippen molar-refractivity contribution >= 4 is 5.91 Å². The van der Waals surface area contributed by atoms with Gasteiger partial charge in [0.1, 0.15) is 5.75 Å². The summed E-state index contributed by atoms with van der Waals surface area (Å²) >= 11 is 0. The average molecular weight is 292 g/mol. The van der Waals surface area contributed by atoms with E-state index in [1.165, 1.54) is 5.56 Å². The first-order valence-electron chi connectivity index (χ1n) is 7.68. The maximum absolute atomic E-state index is 11.5. The molecule has 1 aromatic rings. The molecule has 0 saturated carbocycles. The molecule has 0 fully saturated rings. The van der Waals surface area contributed by atoms with Gasteiger partial charge in [0, 0.05) is 32.6 Å². The number of rotatable bonds is 9. The molecule has 4 nitrogen and oxygen atoms in total. The van der Waals surface area contributed by atoms with E-state index < -0.39 is 0 Å². The highest BCUT2D eigenvalue weighted by atomic mass is 16.5. The van der Waals surface area contributed by atoms with Crippen molar-refractivity contribution in [3.8, 4) is 5.75 Å². The maximum Gasteiger partial charge on any atom is 0.222 e. The van der Waals surface area contributed by atoms with Crippen LogP contribution in [0.4, 0.5) is 0 Å². The number of hydrogen-bond acceptors (Lipinski definition) is 3. The Hall–Kier alpha value is -1.55. The molecule has 0 saturated heterocycles. The van der Waals surface area contributed by atoms with Crippen molar-refractivity contribution in [2.45, 2.75) is 39.7 Å². The zero-order chi connectivity index (χ0) is 15.7. The summed E-state index contributed by atoms with van der Waals surface area (Å²) in [7, 11) is 3.56. The van der Waals surface area contributed by atoms with Crippen molar-refractivity contribution < 1.29 is 9.53 Å². The lowest BCUT2D eigenvalue weighted by molar-refractivity contribution is -0.128. The number of benzene rings is 1. The Morgan fingerprint density at radius 1 is 1.33 bits per heavy atom. The predicted molar refractivity (Wildman–Crippen MR) is 86.6 cm³/mol. The third-order valence-electron chi connectivity index (χ3n) is 3.32. The van der Waals surface area contributed by atoms with Crippen molar-refractivity contribution in [3.05, 3.63) is 29.3 Å². The molecule has 0 aliphatic rings. The molecule has 0 atom stereocenters. The van der Waals surface area contributed by atoms with Crippen LogP contribution in [0.1, 0.15) is 37.3 Å². The van der Waals surface area contributed by atoms with Gasteiger partial charge in [-0.15, -0.1) is 0 Å². The van der Waals surface area contributed by atoms with E-state index in [9.17, 15) is 4.79 Å². The topological polar surface area (TPSA) is 41.6 Å². The van der Waals surface area contributed by atoms with Gasteiger partial charge >= 0.3 is 0 Å². The van der Waals surface area contributed by atoms with E-state index >= 15 is 0 Å². The van der Waals surface area contributed by atoms with E-state index in [2.05, 4.69) is 37.4 Å². The number of nitrogens with one attached hydrogen (secondary N) is 1. The third kappa shape index (κ3) is 6.17. The van der Waals surface area contributed by atoms with Crippen LogP contribution in [0.3, 0.4) is 0 Å². The van der Waals surface area contributed by atoms with Crippen molar-refractivity contribution in [1.29, 1.82) is 0 Å². The minimum atomic E-state index is 0.146. The van der Waals surface area contributed by atoms with Crippen LogP contribution in [0, 0.1) is 6.92 Å². The van der Waals surface area contributed by atoms with Crippen molar-refractivity contribution in [2.75, 3.05) is 27.2 Å². The van der Waals surface area contributed by atoms with Gasteiger partial charge in [0.25, 0.3) is 0 Å². The Balaban J connectivity index is 2.51. The fourth-order valence-corrected chi connectivity index (χ4v) is 2.08. The summed E-state index contributed by atoms with van der Waals surface area (Å²) in [6, 6.07) is 6.21. The molecule has 0 unspecified atom stereocenters. The van der Waals surface area contributed by atoms with Crippen molar-refractivity contribution in [3.63, 3.8) is 0 Å². The number of hydrogen-bond donors (Lipinski definition) is 1. The molecule has 0 aliphatic carbocycles. The van der Waals surface area contributed by atoms with Gasteiger partial charge < -0.3 is 15.0 Å². The quantitative estimate of drug-likeness (QED) is 0.712. The molecule has 21 heavy (non-hydrogen) atoms. The summed E-state index contributed by atoms with van der Waals surface area (Å²) in [5.74, 6) is 1.10. The fraction of sp³-hybridized carbons (Fsp3) is 0.588. The SMILES string of the molecule is CCCNCc1cccc(C)c1OCCCC(=O)N(C)C. The molecular weight excluding hydrogens is 264 g/mol. The summed E-state index contributed by atoms with van der Waals surface area (Å²) in [6.07, 6.45) is 2.39. The van der Waals surface area contributed by atoms with Gasteiger partial charge in [-0.3, -0.25) is 4.79 Å². The Morgan fingerprint density at radius 2 is 2.10 bits per heavy atom. The monoisotopic (exact) mass is 292 g/mol. The molecule has 0 aliphatic heterocycles. The van der Waals surface area contributed by atoms with Crippen LogP contribution in [-0.2, 0) is 11.3 Å². The van der Waals surface area contributed by atoms with Crippen LogP contribution in [0.15, 0.2) is 18.2 Å². The molecule has 1 N–H and O–H groups in total. The molecule has 0 aromatic heterocycles. The Bertz CT molecular complexity index is 444. The number of nitrogens with zero attached hydrogens (tertiary/aromatic N) is 1. The summed E-state index contributed by atoms with van der Waals surface area (Å²) < 4.78 is 5.92. The largest absolute Gasteiger partial charge is 0.493 e. The predicted octanol–water partition coefficient (Wildman–Crippen LogP) is 2.74. The third-order valence-corrected chi connectivity index (χ3v) is 3.32. The lowest BCUT2D eigenvalue weighted by atomic mass is 10.1. The second-order valence-electron chi connectivity index (χ2n) is 5.48. The molecule has 118 valence electrons. The highest BCUT2D eigenvalue weighted by molar-refractivity contribution is 5.75. The molecule has 0 bridgehead atoms. The second kappa shape index (κ2) is 9.40. The van der Waals surface area contributed by atoms with Gasteiger partial charge in [-0.25, -0.2) is 0 Å². The van der Waals surface area contributed by atoms with Gasteiger partial charge in [-0.1, -0.05) is 25.1 Å². The van der Waals surface area contributed by atoms with E-state index in [0.29, 0.717) is 13.0 Å². The standard InChI is InChI=1S/C17H28N2O2/c1-5-11-18-13-15-9-6-8-14(2)17(15)21-12-7-10-16(20)19(3)4/h6,8-9,18H,5,7,10-13H2,1-4H3. The number of carbonyl (C=O) groups excluding carboxylic acids is 1. The van der Waals surface area contributed by atoms with Crippen molar-refractivity contribution in [1.82, 2.24) is 10.2 Å². The molecular formula is C17H28N2O2. The number of carbonyl (C=O) groups is 1. The number of ether oxygens (including phenoxy) is 1. The normalized spacial score (nSPS) is 10.5. The van der Waals surface area contributed by atoms with E-state index in [0.717, 1.165) is 37.2 Å². The Kier molecular flexibility index (Phi) is 7.83. The maximum atomic E-state index is 11.5. The van der Waals surface area contributed by atoms with E-state index in [4.69, 9.17) is 4.74 Å². The minimum Gasteiger partial charge on any atom is -0.493 e. The first-order valence-corrected chi connectivity index (χ1v) is 7.68. The van der Waals surface area contributed by atoms with Crippen LogP contribution in [0.5, 0.6) is 5.75 Å². The van der Waals surface area contributed by atoms with E-state index in [1.54, 1.807) is 19.0 Å². The van der Waals surface area contributed by atoms with E-state index in [1.807, 2.05) is 0 Å². The zero-order valence-corrected chi connectivity index (χ0v) is 13.7. The molecule has 4 heteroatoms. The molecule has 1 amide bonds. The van der Waals surface area contributed by atoms with Gasteiger partial charge in [0.05, 0.1) is 6.61 Å². The van der Waals surface area contributed by atoms with Crippen LogP contribution >= 0.6 is 0 Å². The lowest BCUT2D eigenvalue weighted by Gasteiger charge is -2.15. The van der Waals surface area contributed by atoms with Crippen LogP contribution in [-0.4, -0.2) is 38.1 Å². The number of aryl methyl sites for hydroxylation is 1. The van der Waals surface area contributed by atoms with Crippen LogP contribution in [0.2, 0.25) is 0 Å². The van der Waals surface area contributed by atoms with Crippen molar-refractivity contribution in [2.24, 2.45) is 0 Å². The first kappa shape index (κ1) is 17.5. The average Bonchev–Trinajstić information content (AvgIpc) is 2.45. The zero-order valence-electron chi connectivity index (χ0n) is 13.7. The lowest BCUT2D eigenvalue weighted by Crippen LogP contribution is -2.22. The molecule has 1 aromatic carbocycles. The molecule has 0 radical (unpaired) electrons. The number of amides is 1. The molecule has 0 heterocycles. The second-order valence-corrected chi connectivity index (χ2v) is 5.48. The summed E-state index contributed by atoms with van der Waals surface area (Å²) in [5.41, 5.74) is 2.33. The van der Waals surface area contributed by atoms with Crippen LogP contribution in [0.25, 0.3) is 0 Å². The molecule has 1 rings (SSSR count). The highest BCUT2D eigenvalue weighted by Gasteiger charge is 2.08. The Morgan fingerprint density at radius 3 is 2.76 bits per heavy atom. The minimum absolute atomic E-state index is 0.146. The highest BCUT2D eigenvalue weighted by Crippen LogP contribution is 2.23. The molecule has 0 spiro atoms. The first-order chi connectivity index (χ1) is 10.1. The van der Waals surface area contributed by atoms with Gasteiger partial charge in [-0.2, -0.15) is 0 Å². The smallest absolute Gasteiger partial charge is 0.222 e. The number of para-hydroxylation sites is 1. The summed E-state index contributed by atoms with van der Waals surface area (Å²) in [5, 5.41) is 3.40. The fourth-order valence-electron chi connectivity index (χ4n) is 2.08. The van der Waals surface area contributed by atoms with Gasteiger partial charge in [-0.05, 0) is 31.9 Å².